The first kappa shape index (κ1) is 14.2. The van der Waals surface area contributed by atoms with Gasteiger partial charge in [-0.3, -0.25) is 9.59 Å². The Bertz CT molecular complexity index is 519. The predicted molar refractivity (Wildman–Crippen MR) is 72.6 cm³/mol. The van der Waals surface area contributed by atoms with Crippen LogP contribution in [0.5, 0.6) is 0 Å². The topological polar surface area (TPSA) is 66.4 Å². The first-order chi connectivity index (χ1) is 8.99. The van der Waals surface area contributed by atoms with Crippen molar-refractivity contribution in [3.8, 4) is 0 Å². The molecule has 6 heteroatoms. The minimum absolute atomic E-state index is 0.0596. The van der Waals surface area contributed by atoms with Crippen molar-refractivity contribution >= 4 is 35.1 Å². The zero-order valence-corrected chi connectivity index (χ0v) is 11.5. The molecule has 0 bridgehead atoms. The van der Waals surface area contributed by atoms with Gasteiger partial charge in [-0.1, -0.05) is 29.3 Å². The van der Waals surface area contributed by atoms with Crippen LogP contribution in [0.15, 0.2) is 18.2 Å². The molecule has 19 heavy (non-hydrogen) atoms. The van der Waals surface area contributed by atoms with Gasteiger partial charge in [0, 0.05) is 12.5 Å². The number of aliphatic carboxylic acids is 1. The Kier molecular flexibility index (Phi) is 4.32. The summed E-state index contributed by atoms with van der Waals surface area (Å²) >= 11 is 11.8. The molecule has 0 aromatic heterocycles. The zero-order valence-electron chi connectivity index (χ0n) is 10.0. The Balaban J connectivity index is 1.87. The first-order valence-corrected chi connectivity index (χ1v) is 6.69. The van der Waals surface area contributed by atoms with Gasteiger partial charge in [-0.2, -0.15) is 0 Å². The number of halogens is 2. The standard InChI is InChI=1S/C13H13Cl2NO3/c14-10-2-1-7(5-11(10)15)8-6-9(8)13(19)16-4-3-12(17)18/h1-2,5,8-9H,3-4,6H2,(H,16,19)(H,17,18). The summed E-state index contributed by atoms with van der Waals surface area (Å²) in [5, 5.41) is 12.1. The fourth-order valence-electron chi connectivity index (χ4n) is 2.02. The van der Waals surface area contributed by atoms with Crippen LogP contribution in [0, 0.1) is 5.92 Å². The average molecular weight is 302 g/mol. The van der Waals surface area contributed by atoms with Gasteiger partial charge in [0.05, 0.1) is 16.5 Å². The van der Waals surface area contributed by atoms with Crippen molar-refractivity contribution in [3.63, 3.8) is 0 Å². The van der Waals surface area contributed by atoms with Crippen LogP contribution < -0.4 is 5.32 Å². The molecule has 2 atom stereocenters. The van der Waals surface area contributed by atoms with Gasteiger partial charge in [-0.05, 0) is 30.0 Å². The van der Waals surface area contributed by atoms with Crippen LogP contribution in [0.25, 0.3) is 0 Å². The summed E-state index contributed by atoms with van der Waals surface area (Å²) in [5.74, 6) is -0.958. The molecule has 0 radical (unpaired) electrons. The number of hydrogen-bond donors (Lipinski definition) is 2. The van der Waals surface area contributed by atoms with Gasteiger partial charge in [0.1, 0.15) is 0 Å². The number of rotatable bonds is 5. The predicted octanol–water partition coefficient (Wildman–Crippen LogP) is 2.69. The number of carbonyl (C=O) groups excluding carboxylic acids is 1. The third kappa shape index (κ3) is 3.61. The lowest BCUT2D eigenvalue weighted by atomic mass is 10.1. The van der Waals surface area contributed by atoms with Crippen molar-refractivity contribution in [2.45, 2.75) is 18.8 Å². The molecule has 2 N–H and O–H groups in total. The number of carboxylic acid groups (broad SMARTS) is 1. The molecule has 2 rings (SSSR count). The molecule has 1 aromatic rings. The van der Waals surface area contributed by atoms with Crippen LogP contribution in [0.2, 0.25) is 10.0 Å². The fraction of sp³-hybridized carbons (Fsp3) is 0.385. The molecule has 102 valence electrons. The highest BCUT2D eigenvalue weighted by molar-refractivity contribution is 6.42. The van der Waals surface area contributed by atoms with Gasteiger partial charge >= 0.3 is 5.97 Å². The molecular formula is C13H13Cl2NO3. The minimum Gasteiger partial charge on any atom is -0.481 e. The Morgan fingerprint density at radius 1 is 1.32 bits per heavy atom. The van der Waals surface area contributed by atoms with E-state index in [0.717, 1.165) is 12.0 Å². The van der Waals surface area contributed by atoms with E-state index < -0.39 is 5.97 Å². The number of carboxylic acids is 1. The molecule has 0 aliphatic heterocycles. The molecule has 1 aliphatic rings. The fourth-order valence-corrected chi connectivity index (χ4v) is 2.33. The van der Waals surface area contributed by atoms with Crippen molar-refractivity contribution in [1.29, 1.82) is 0 Å². The Morgan fingerprint density at radius 3 is 2.68 bits per heavy atom. The lowest BCUT2D eigenvalue weighted by molar-refractivity contribution is -0.136. The minimum atomic E-state index is -0.919. The highest BCUT2D eigenvalue weighted by Crippen LogP contribution is 2.48. The molecule has 1 saturated carbocycles. The second-order valence-electron chi connectivity index (χ2n) is 4.56. The van der Waals surface area contributed by atoms with E-state index in [9.17, 15) is 9.59 Å². The van der Waals surface area contributed by atoms with Crippen LogP contribution in [0.4, 0.5) is 0 Å². The molecule has 1 aliphatic carbocycles. The normalized spacial score (nSPS) is 20.9. The highest BCUT2D eigenvalue weighted by Gasteiger charge is 2.43. The monoisotopic (exact) mass is 301 g/mol. The molecule has 0 spiro atoms. The van der Waals surface area contributed by atoms with E-state index in [4.69, 9.17) is 28.3 Å². The van der Waals surface area contributed by atoms with Gasteiger partial charge in [-0.25, -0.2) is 0 Å². The third-order valence-electron chi connectivity index (χ3n) is 3.14. The van der Waals surface area contributed by atoms with Gasteiger partial charge in [-0.15, -0.1) is 0 Å². The van der Waals surface area contributed by atoms with E-state index in [2.05, 4.69) is 5.32 Å². The number of benzene rings is 1. The summed E-state index contributed by atoms with van der Waals surface area (Å²) < 4.78 is 0. The van der Waals surface area contributed by atoms with E-state index in [1.54, 1.807) is 12.1 Å². The Morgan fingerprint density at radius 2 is 2.05 bits per heavy atom. The van der Waals surface area contributed by atoms with E-state index in [1.165, 1.54) is 0 Å². The Hall–Kier alpha value is -1.26. The number of carbonyl (C=O) groups is 2. The van der Waals surface area contributed by atoms with Crippen LogP contribution in [0.3, 0.4) is 0 Å². The zero-order chi connectivity index (χ0) is 14.0. The van der Waals surface area contributed by atoms with Crippen LogP contribution >= 0.6 is 23.2 Å². The van der Waals surface area contributed by atoms with Crippen molar-refractivity contribution in [2.24, 2.45) is 5.92 Å². The summed E-state index contributed by atoms with van der Waals surface area (Å²) in [5.41, 5.74) is 0.993. The number of nitrogens with one attached hydrogen (secondary N) is 1. The maximum atomic E-state index is 11.8. The summed E-state index contributed by atoms with van der Waals surface area (Å²) in [7, 11) is 0. The summed E-state index contributed by atoms with van der Waals surface area (Å²) in [6.45, 7) is 0.165. The summed E-state index contributed by atoms with van der Waals surface area (Å²) in [6, 6.07) is 5.36. The molecule has 1 fully saturated rings. The lowest BCUT2D eigenvalue weighted by Gasteiger charge is -2.04. The molecule has 1 amide bonds. The summed E-state index contributed by atoms with van der Waals surface area (Å²) in [6.07, 6.45) is 0.701. The van der Waals surface area contributed by atoms with Crippen molar-refractivity contribution in [2.75, 3.05) is 6.54 Å². The van der Waals surface area contributed by atoms with Crippen LogP contribution in [-0.4, -0.2) is 23.5 Å². The molecular weight excluding hydrogens is 289 g/mol. The second kappa shape index (κ2) is 5.80. The molecule has 1 aromatic carbocycles. The van der Waals surface area contributed by atoms with Crippen molar-refractivity contribution < 1.29 is 14.7 Å². The molecule has 2 unspecified atom stereocenters. The lowest BCUT2D eigenvalue weighted by Crippen LogP contribution is -2.27. The van der Waals surface area contributed by atoms with Gasteiger partial charge < -0.3 is 10.4 Å². The third-order valence-corrected chi connectivity index (χ3v) is 3.88. The maximum absolute atomic E-state index is 11.8. The van der Waals surface area contributed by atoms with Gasteiger partial charge in [0.25, 0.3) is 0 Å². The van der Waals surface area contributed by atoms with Crippen LogP contribution in [-0.2, 0) is 9.59 Å². The largest absolute Gasteiger partial charge is 0.481 e. The quantitative estimate of drug-likeness (QED) is 0.879. The van der Waals surface area contributed by atoms with E-state index in [-0.39, 0.29) is 30.7 Å². The number of amides is 1. The van der Waals surface area contributed by atoms with Crippen molar-refractivity contribution in [3.05, 3.63) is 33.8 Å². The number of hydrogen-bond acceptors (Lipinski definition) is 2. The molecule has 0 heterocycles. The molecule has 4 nitrogen and oxygen atoms in total. The van der Waals surface area contributed by atoms with E-state index in [1.807, 2.05) is 6.07 Å². The average Bonchev–Trinajstić information content (AvgIpc) is 3.12. The van der Waals surface area contributed by atoms with E-state index >= 15 is 0 Å². The highest BCUT2D eigenvalue weighted by atomic mass is 35.5. The van der Waals surface area contributed by atoms with Gasteiger partial charge in [0.15, 0.2) is 0 Å². The summed E-state index contributed by atoms with van der Waals surface area (Å²) in [4.78, 5) is 22.1. The maximum Gasteiger partial charge on any atom is 0.305 e. The molecule has 0 saturated heterocycles. The van der Waals surface area contributed by atoms with Crippen LogP contribution in [0.1, 0.15) is 24.3 Å². The smallest absolute Gasteiger partial charge is 0.305 e. The van der Waals surface area contributed by atoms with Gasteiger partial charge in [0.2, 0.25) is 5.91 Å². The Labute approximate surface area is 120 Å². The van der Waals surface area contributed by atoms with Crippen molar-refractivity contribution in [1.82, 2.24) is 5.32 Å². The first-order valence-electron chi connectivity index (χ1n) is 5.93. The van der Waals surface area contributed by atoms with E-state index in [0.29, 0.717) is 10.0 Å². The SMILES string of the molecule is O=C(O)CCNC(=O)C1CC1c1ccc(Cl)c(Cl)c1. The second-order valence-corrected chi connectivity index (χ2v) is 5.37.